The van der Waals surface area contributed by atoms with E-state index in [0.29, 0.717) is 11.5 Å². The summed E-state index contributed by atoms with van der Waals surface area (Å²) in [4.78, 5) is 4.20. The van der Waals surface area contributed by atoms with Gasteiger partial charge in [-0.1, -0.05) is 39.0 Å². The Morgan fingerprint density at radius 2 is 1.89 bits per heavy atom. The molecule has 1 heterocycles. The van der Waals surface area contributed by atoms with Crippen molar-refractivity contribution in [1.29, 1.82) is 0 Å². The number of rotatable bonds is 7. The van der Waals surface area contributed by atoms with Crippen molar-refractivity contribution in [2.24, 2.45) is 0 Å². The summed E-state index contributed by atoms with van der Waals surface area (Å²) in [5, 5.41) is 0. The fraction of sp³-hybridized carbons (Fsp3) is 0.533. The van der Waals surface area contributed by atoms with Gasteiger partial charge in [-0.25, -0.2) is 9.37 Å². The fourth-order valence-electron chi connectivity index (χ4n) is 2.41. The zero-order chi connectivity index (χ0) is 13.7. The van der Waals surface area contributed by atoms with Crippen LogP contribution in [-0.4, -0.2) is 9.55 Å². The Kier molecular flexibility index (Phi) is 4.77. The van der Waals surface area contributed by atoms with Gasteiger partial charge in [-0.2, -0.15) is 0 Å². The highest BCUT2D eigenvalue weighted by molar-refractivity contribution is 5.78. The number of aromatic nitrogens is 2. The molecule has 2 rings (SSSR count). The van der Waals surface area contributed by atoms with Gasteiger partial charge in [-0.05, 0) is 18.6 Å². The van der Waals surface area contributed by atoms with Crippen LogP contribution >= 0.6 is 0 Å². The first-order chi connectivity index (χ1) is 9.22. The zero-order valence-corrected chi connectivity index (χ0v) is 11.5. The number of fused-ring (bicyclic) bond motifs is 1. The average Bonchev–Trinajstić information content (AvgIpc) is 2.69. The Morgan fingerprint density at radius 1 is 1.16 bits per heavy atom. The van der Waals surface area contributed by atoms with Crippen molar-refractivity contribution < 1.29 is 4.39 Å². The topological polar surface area (TPSA) is 43.8 Å². The van der Waals surface area contributed by atoms with Crippen LogP contribution in [0.5, 0.6) is 0 Å². The molecule has 0 bridgehead atoms. The first kappa shape index (κ1) is 13.8. The van der Waals surface area contributed by atoms with Crippen LogP contribution in [0.15, 0.2) is 18.2 Å². The Hall–Kier alpha value is -1.58. The lowest BCUT2D eigenvalue weighted by Gasteiger charge is -2.06. The number of nitrogens with two attached hydrogens (primary N) is 1. The molecular formula is C15H22FN3. The van der Waals surface area contributed by atoms with Crippen molar-refractivity contribution in [2.75, 3.05) is 5.73 Å². The molecule has 0 fully saturated rings. The second-order valence-corrected chi connectivity index (χ2v) is 5.02. The van der Waals surface area contributed by atoms with Gasteiger partial charge in [0, 0.05) is 12.6 Å². The minimum absolute atomic E-state index is 0.267. The van der Waals surface area contributed by atoms with Gasteiger partial charge in [-0.3, -0.25) is 0 Å². The van der Waals surface area contributed by atoms with Crippen LogP contribution < -0.4 is 5.73 Å². The highest BCUT2D eigenvalue weighted by Crippen LogP contribution is 2.20. The molecule has 0 saturated carbocycles. The summed E-state index contributed by atoms with van der Waals surface area (Å²) in [7, 11) is 0. The van der Waals surface area contributed by atoms with Crippen LogP contribution in [0.2, 0.25) is 0 Å². The van der Waals surface area contributed by atoms with E-state index in [1.165, 1.54) is 44.2 Å². The maximum atomic E-state index is 13.1. The van der Waals surface area contributed by atoms with Crippen LogP contribution in [0.3, 0.4) is 0 Å². The summed E-state index contributed by atoms with van der Waals surface area (Å²) in [6.07, 6.45) is 7.47. The Labute approximate surface area is 113 Å². The smallest absolute Gasteiger partial charge is 0.201 e. The monoisotopic (exact) mass is 263 g/mol. The minimum atomic E-state index is -0.267. The highest BCUT2D eigenvalue weighted by atomic mass is 19.1. The third-order valence-electron chi connectivity index (χ3n) is 3.48. The predicted octanol–water partition coefficient (Wildman–Crippen LogP) is 4.12. The molecule has 19 heavy (non-hydrogen) atoms. The van der Waals surface area contributed by atoms with Gasteiger partial charge in [0.2, 0.25) is 5.95 Å². The number of nitrogen functional groups attached to an aromatic ring is 1. The van der Waals surface area contributed by atoms with Gasteiger partial charge < -0.3 is 10.3 Å². The normalized spacial score (nSPS) is 11.3. The molecule has 0 aliphatic rings. The van der Waals surface area contributed by atoms with E-state index >= 15 is 0 Å². The lowest BCUT2D eigenvalue weighted by atomic mass is 10.1. The average molecular weight is 263 g/mol. The second kappa shape index (κ2) is 6.55. The number of hydrogen-bond acceptors (Lipinski definition) is 2. The number of hydrogen-bond donors (Lipinski definition) is 1. The highest BCUT2D eigenvalue weighted by Gasteiger charge is 2.08. The fourth-order valence-corrected chi connectivity index (χ4v) is 2.41. The SMILES string of the molecule is CCCCCCCCn1c(N)nc2cc(F)ccc21. The molecular weight excluding hydrogens is 241 g/mol. The minimum Gasteiger partial charge on any atom is -0.369 e. The maximum absolute atomic E-state index is 13.1. The van der Waals surface area contributed by atoms with Crippen molar-refractivity contribution in [1.82, 2.24) is 9.55 Å². The van der Waals surface area contributed by atoms with Crippen LogP contribution in [0.4, 0.5) is 10.3 Å². The first-order valence-electron chi connectivity index (χ1n) is 7.13. The number of nitrogens with zero attached hydrogens (tertiary/aromatic N) is 2. The number of benzene rings is 1. The summed E-state index contributed by atoms with van der Waals surface area (Å²) in [6.45, 7) is 3.08. The Balaban J connectivity index is 1.95. The summed E-state index contributed by atoms with van der Waals surface area (Å²) >= 11 is 0. The van der Waals surface area contributed by atoms with Crippen LogP contribution in [0, 0.1) is 5.82 Å². The van der Waals surface area contributed by atoms with Gasteiger partial charge in [0.05, 0.1) is 11.0 Å². The van der Waals surface area contributed by atoms with Gasteiger partial charge >= 0.3 is 0 Å². The molecule has 0 unspecified atom stereocenters. The molecule has 0 aliphatic heterocycles. The number of anilines is 1. The quantitative estimate of drug-likeness (QED) is 0.764. The largest absolute Gasteiger partial charge is 0.369 e. The molecule has 0 amide bonds. The summed E-state index contributed by atoms with van der Waals surface area (Å²) in [6, 6.07) is 4.65. The zero-order valence-electron chi connectivity index (χ0n) is 11.5. The first-order valence-corrected chi connectivity index (χ1v) is 7.13. The van der Waals surface area contributed by atoms with E-state index in [-0.39, 0.29) is 5.82 Å². The molecule has 104 valence electrons. The van der Waals surface area contributed by atoms with Crippen molar-refractivity contribution in [3.63, 3.8) is 0 Å². The summed E-state index contributed by atoms with van der Waals surface area (Å²) < 4.78 is 15.1. The van der Waals surface area contributed by atoms with E-state index in [4.69, 9.17) is 5.73 Å². The number of imidazole rings is 1. The summed E-state index contributed by atoms with van der Waals surface area (Å²) in [5.41, 5.74) is 7.46. The molecule has 0 radical (unpaired) electrons. The number of unbranched alkanes of at least 4 members (excludes halogenated alkanes) is 5. The molecule has 1 aromatic carbocycles. The van der Waals surface area contributed by atoms with Gasteiger partial charge in [0.1, 0.15) is 5.82 Å². The lowest BCUT2D eigenvalue weighted by molar-refractivity contribution is 0.566. The van der Waals surface area contributed by atoms with Crippen LogP contribution in [0.1, 0.15) is 45.4 Å². The van der Waals surface area contributed by atoms with E-state index in [1.54, 1.807) is 6.07 Å². The van der Waals surface area contributed by atoms with Crippen molar-refractivity contribution in [3.8, 4) is 0 Å². The van der Waals surface area contributed by atoms with Crippen LogP contribution in [-0.2, 0) is 6.54 Å². The van der Waals surface area contributed by atoms with E-state index < -0.39 is 0 Å². The third-order valence-corrected chi connectivity index (χ3v) is 3.48. The van der Waals surface area contributed by atoms with E-state index in [0.717, 1.165) is 18.5 Å². The van der Waals surface area contributed by atoms with E-state index in [1.807, 2.05) is 4.57 Å². The molecule has 0 atom stereocenters. The number of aryl methyl sites for hydroxylation is 1. The summed E-state index contributed by atoms with van der Waals surface area (Å²) in [5.74, 6) is 0.214. The van der Waals surface area contributed by atoms with Gasteiger partial charge in [-0.15, -0.1) is 0 Å². The Bertz CT molecular complexity index is 533. The van der Waals surface area contributed by atoms with Crippen LogP contribution in [0.25, 0.3) is 11.0 Å². The maximum Gasteiger partial charge on any atom is 0.201 e. The number of halogens is 1. The molecule has 3 nitrogen and oxygen atoms in total. The van der Waals surface area contributed by atoms with Crippen molar-refractivity contribution >= 4 is 17.0 Å². The molecule has 0 aliphatic carbocycles. The molecule has 4 heteroatoms. The van der Waals surface area contributed by atoms with Crippen molar-refractivity contribution in [2.45, 2.75) is 52.0 Å². The standard InChI is InChI=1S/C15H22FN3/c1-2-3-4-5-6-7-10-19-14-9-8-12(16)11-13(14)18-15(19)17/h8-9,11H,2-7,10H2,1H3,(H2,17,18). The molecule has 1 aromatic heterocycles. The van der Waals surface area contributed by atoms with Gasteiger partial charge in [0.15, 0.2) is 0 Å². The molecule has 2 N–H and O–H groups in total. The van der Waals surface area contributed by atoms with E-state index in [9.17, 15) is 4.39 Å². The van der Waals surface area contributed by atoms with Crippen molar-refractivity contribution in [3.05, 3.63) is 24.0 Å². The molecule has 0 saturated heterocycles. The predicted molar refractivity (Wildman–Crippen MR) is 77.5 cm³/mol. The second-order valence-electron chi connectivity index (χ2n) is 5.02. The molecule has 2 aromatic rings. The Morgan fingerprint density at radius 3 is 2.68 bits per heavy atom. The van der Waals surface area contributed by atoms with Gasteiger partial charge in [0.25, 0.3) is 0 Å². The van der Waals surface area contributed by atoms with E-state index in [2.05, 4.69) is 11.9 Å². The molecule has 0 spiro atoms. The lowest BCUT2D eigenvalue weighted by Crippen LogP contribution is -2.03. The third kappa shape index (κ3) is 3.46.